The fourth-order valence-electron chi connectivity index (χ4n) is 2.20. The van der Waals surface area contributed by atoms with Gasteiger partial charge in [-0.2, -0.15) is 0 Å². The summed E-state index contributed by atoms with van der Waals surface area (Å²) in [6.07, 6.45) is 2.17. The van der Waals surface area contributed by atoms with Crippen LogP contribution in [0.1, 0.15) is 39.2 Å². The predicted octanol–water partition coefficient (Wildman–Crippen LogP) is 2.97. The molecule has 0 saturated carbocycles. The molecule has 0 aliphatic heterocycles. The molecular formula is C20H35N3O3. The molecule has 0 aromatic heterocycles. The minimum Gasteiger partial charge on any atom is -0.497 e. The van der Waals surface area contributed by atoms with E-state index in [0.717, 1.165) is 63.0 Å². The van der Waals surface area contributed by atoms with Gasteiger partial charge in [-0.25, -0.2) is 4.99 Å². The Hall–Kier alpha value is -1.79. The molecule has 0 heterocycles. The Morgan fingerprint density at radius 1 is 1.04 bits per heavy atom. The smallest absolute Gasteiger partial charge is 0.191 e. The van der Waals surface area contributed by atoms with E-state index in [9.17, 15) is 0 Å². The van der Waals surface area contributed by atoms with Crippen LogP contribution >= 0.6 is 0 Å². The van der Waals surface area contributed by atoms with Crippen LogP contribution in [0.5, 0.6) is 5.75 Å². The summed E-state index contributed by atoms with van der Waals surface area (Å²) in [5, 5.41) is 6.74. The summed E-state index contributed by atoms with van der Waals surface area (Å²) in [5.41, 5.74) is 1.14. The fourth-order valence-corrected chi connectivity index (χ4v) is 2.20. The number of guanidine groups is 1. The van der Waals surface area contributed by atoms with Crippen molar-refractivity contribution in [2.75, 3.05) is 40.0 Å². The average Bonchev–Trinajstić information content (AvgIpc) is 2.65. The minimum absolute atomic E-state index is 0.273. The Kier molecular flexibility index (Phi) is 12.3. The third-order valence-electron chi connectivity index (χ3n) is 3.61. The van der Waals surface area contributed by atoms with E-state index in [2.05, 4.69) is 29.5 Å². The average molecular weight is 366 g/mol. The highest BCUT2D eigenvalue weighted by molar-refractivity contribution is 5.79. The van der Waals surface area contributed by atoms with E-state index in [4.69, 9.17) is 14.2 Å². The monoisotopic (exact) mass is 365 g/mol. The maximum Gasteiger partial charge on any atom is 0.191 e. The van der Waals surface area contributed by atoms with Crippen LogP contribution in [0.15, 0.2) is 29.3 Å². The van der Waals surface area contributed by atoms with Crippen LogP contribution in [-0.2, 0) is 16.0 Å². The first-order chi connectivity index (χ1) is 12.7. The largest absolute Gasteiger partial charge is 0.497 e. The van der Waals surface area contributed by atoms with Crippen LogP contribution in [0.4, 0.5) is 0 Å². The molecule has 0 radical (unpaired) electrons. The topological polar surface area (TPSA) is 64.1 Å². The normalized spacial score (nSPS) is 11.7. The summed E-state index contributed by atoms with van der Waals surface area (Å²) < 4.78 is 16.1. The molecule has 26 heavy (non-hydrogen) atoms. The second-order valence-corrected chi connectivity index (χ2v) is 6.19. The number of aliphatic imine (C=N–C) groups is 1. The second kappa shape index (κ2) is 14.4. The van der Waals surface area contributed by atoms with E-state index in [1.165, 1.54) is 0 Å². The highest BCUT2D eigenvalue weighted by Gasteiger charge is 2.00. The molecule has 1 aromatic rings. The first-order valence-electron chi connectivity index (χ1n) is 9.50. The molecule has 0 fully saturated rings. The van der Waals surface area contributed by atoms with E-state index in [1.807, 2.05) is 31.2 Å². The molecule has 1 aromatic carbocycles. The van der Waals surface area contributed by atoms with E-state index in [-0.39, 0.29) is 6.10 Å². The highest BCUT2D eigenvalue weighted by atomic mass is 16.5. The van der Waals surface area contributed by atoms with E-state index >= 15 is 0 Å². The first kappa shape index (κ1) is 22.3. The van der Waals surface area contributed by atoms with Gasteiger partial charge in [0, 0.05) is 32.9 Å². The molecule has 6 heteroatoms. The fraction of sp³-hybridized carbons (Fsp3) is 0.650. The lowest BCUT2D eigenvalue weighted by molar-refractivity contribution is 0.0776. The quantitative estimate of drug-likeness (QED) is 0.320. The highest BCUT2D eigenvalue weighted by Crippen LogP contribution is 2.11. The molecule has 148 valence electrons. The summed E-state index contributed by atoms with van der Waals surface area (Å²) in [6.45, 7) is 10.7. The number of hydrogen-bond acceptors (Lipinski definition) is 4. The van der Waals surface area contributed by atoms with Crippen molar-refractivity contribution in [1.82, 2.24) is 10.6 Å². The standard InChI is InChI=1S/C20H35N3O3/c1-5-25-14-6-12-21-20(22-13-7-15-26-17(2)3)23-16-18-8-10-19(24-4)11-9-18/h8-11,17H,5-7,12-16H2,1-4H3,(H2,21,22,23). The Morgan fingerprint density at radius 2 is 1.69 bits per heavy atom. The Bertz CT molecular complexity index is 490. The molecule has 2 N–H and O–H groups in total. The summed E-state index contributed by atoms with van der Waals surface area (Å²) >= 11 is 0. The number of nitrogens with one attached hydrogen (secondary N) is 2. The predicted molar refractivity (Wildman–Crippen MR) is 107 cm³/mol. The van der Waals surface area contributed by atoms with Gasteiger partial charge in [0.2, 0.25) is 0 Å². The summed E-state index contributed by atoms with van der Waals surface area (Å²) in [5.74, 6) is 1.68. The lowest BCUT2D eigenvalue weighted by Crippen LogP contribution is -2.39. The van der Waals surface area contributed by atoms with E-state index < -0.39 is 0 Å². The van der Waals surface area contributed by atoms with Crippen molar-refractivity contribution >= 4 is 5.96 Å². The van der Waals surface area contributed by atoms with Gasteiger partial charge >= 0.3 is 0 Å². The van der Waals surface area contributed by atoms with E-state index in [0.29, 0.717) is 6.54 Å². The molecule has 6 nitrogen and oxygen atoms in total. The maximum absolute atomic E-state index is 5.57. The number of benzene rings is 1. The van der Waals surface area contributed by atoms with Crippen molar-refractivity contribution in [3.63, 3.8) is 0 Å². The van der Waals surface area contributed by atoms with Crippen molar-refractivity contribution in [3.05, 3.63) is 29.8 Å². The van der Waals surface area contributed by atoms with Crippen molar-refractivity contribution in [2.24, 2.45) is 4.99 Å². The zero-order valence-electron chi connectivity index (χ0n) is 16.7. The van der Waals surface area contributed by atoms with Gasteiger partial charge in [0.15, 0.2) is 5.96 Å². The number of hydrogen-bond donors (Lipinski definition) is 2. The van der Waals surface area contributed by atoms with Crippen molar-refractivity contribution < 1.29 is 14.2 Å². The molecule has 0 aliphatic rings. The van der Waals surface area contributed by atoms with Crippen LogP contribution in [-0.4, -0.2) is 52.1 Å². The molecule has 0 spiro atoms. The molecule has 1 rings (SSSR count). The Morgan fingerprint density at radius 3 is 2.27 bits per heavy atom. The van der Waals surface area contributed by atoms with Gasteiger partial charge < -0.3 is 24.8 Å². The minimum atomic E-state index is 0.273. The molecule has 0 unspecified atom stereocenters. The Balaban J connectivity index is 2.45. The molecular weight excluding hydrogens is 330 g/mol. The zero-order valence-corrected chi connectivity index (χ0v) is 16.7. The summed E-state index contributed by atoms with van der Waals surface area (Å²) in [6, 6.07) is 7.98. The lowest BCUT2D eigenvalue weighted by Gasteiger charge is -2.13. The third-order valence-corrected chi connectivity index (χ3v) is 3.61. The summed E-state index contributed by atoms with van der Waals surface area (Å²) in [4.78, 5) is 4.67. The number of nitrogens with zero attached hydrogens (tertiary/aromatic N) is 1. The zero-order chi connectivity index (χ0) is 19.0. The van der Waals surface area contributed by atoms with Crippen molar-refractivity contribution in [1.29, 1.82) is 0 Å². The van der Waals surface area contributed by atoms with Gasteiger partial charge in [0.05, 0.1) is 19.8 Å². The van der Waals surface area contributed by atoms with Gasteiger partial charge in [-0.15, -0.1) is 0 Å². The van der Waals surface area contributed by atoms with Gasteiger partial charge in [-0.1, -0.05) is 12.1 Å². The Labute approximate surface area is 158 Å². The van der Waals surface area contributed by atoms with Gasteiger partial charge in [0.25, 0.3) is 0 Å². The van der Waals surface area contributed by atoms with Crippen LogP contribution in [0, 0.1) is 0 Å². The van der Waals surface area contributed by atoms with Gasteiger partial charge in [0.1, 0.15) is 5.75 Å². The van der Waals surface area contributed by atoms with E-state index in [1.54, 1.807) is 7.11 Å². The van der Waals surface area contributed by atoms with Crippen LogP contribution in [0.25, 0.3) is 0 Å². The van der Waals surface area contributed by atoms with Crippen molar-refractivity contribution in [3.8, 4) is 5.75 Å². The summed E-state index contributed by atoms with van der Waals surface area (Å²) in [7, 11) is 1.67. The SMILES string of the molecule is CCOCCCNC(=NCc1ccc(OC)cc1)NCCCOC(C)C. The van der Waals surface area contributed by atoms with Crippen LogP contribution in [0.2, 0.25) is 0 Å². The second-order valence-electron chi connectivity index (χ2n) is 6.19. The van der Waals surface area contributed by atoms with Crippen LogP contribution < -0.4 is 15.4 Å². The molecule has 0 amide bonds. The number of rotatable bonds is 13. The molecule has 0 saturated heterocycles. The number of methoxy groups -OCH3 is 1. The van der Waals surface area contributed by atoms with Gasteiger partial charge in [-0.05, 0) is 51.3 Å². The first-order valence-corrected chi connectivity index (χ1v) is 9.50. The molecule has 0 aliphatic carbocycles. The van der Waals surface area contributed by atoms with Gasteiger partial charge in [-0.3, -0.25) is 0 Å². The number of ether oxygens (including phenoxy) is 3. The molecule has 0 bridgehead atoms. The molecule has 0 atom stereocenters. The lowest BCUT2D eigenvalue weighted by atomic mass is 10.2. The maximum atomic E-state index is 5.57. The van der Waals surface area contributed by atoms with Crippen molar-refractivity contribution in [2.45, 2.75) is 46.3 Å². The van der Waals surface area contributed by atoms with Crippen LogP contribution in [0.3, 0.4) is 0 Å². The third kappa shape index (κ3) is 10.9.